The number of nitrogens with zero attached hydrogens (tertiary/aromatic N) is 1. The molecule has 0 heterocycles. The zero-order valence-electron chi connectivity index (χ0n) is 7.79. The molecule has 0 saturated heterocycles. The Bertz CT molecular complexity index is 205. The van der Waals surface area contributed by atoms with Crippen LogP contribution >= 0.6 is 0 Å². The molecular formula is C9H15NO2. The van der Waals surface area contributed by atoms with E-state index in [-0.39, 0.29) is 6.42 Å². The fourth-order valence-electron chi connectivity index (χ4n) is 1.36. The third-order valence-corrected chi connectivity index (χ3v) is 1.65. The van der Waals surface area contributed by atoms with E-state index in [4.69, 9.17) is 11.7 Å². The first kappa shape index (κ1) is 11.0. The number of hydrogen-bond donors (Lipinski definition) is 1. The topological polar surface area (TPSA) is 41.7 Å². The lowest BCUT2D eigenvalue weighted by Crippen LogP contribution is -2.25. The molecule has 0 fully saturated rings. The average Bonchev–Trinajstić information content (AvgIpc) is 1.83. The zero-order valence-corrected chi connectivity index (χ0v) is 7.79. The smallest absolute Gasteiger partial charge is 0.311 e. The van der Waals surface area contributed by atoms with Crippen molar-refractivity contribution in [3.63, 3.8) is 0 Å². The molecule has 0 radical (unpaired) electrons. The predicted molar refractivity (Wildman–Crippen MR) is 46.7 cm³/mol. The van der Waals surface area contributed by atoms with Gasteiger partial charge in [-0.15, -0.1) is 0 Å². The van der Waals surface area contributed by atoms with E-state index in [2.05, 4.69) is 4.85 Å². The molecule has 3 heteroatoms. The zero-order chi connectivity index (χ0) is 9.78. The maximum absolute atomic E-state index is 10.4. The maximum Gasteiger partial charge on any atom is 0.311 e. The number of hydrogen-bond acceptors (Lipinski definition) is 1. The Balaban J connectivity index is 4.27. The standard InChI is InChI=1S/C9H15NO2/c1-7(2)5-9(3,10-4)6-8(11)12/h7H,5-6H2,1-3H3,(H,11,12)/t9-/m0/s1. The summed E-state index contributed by atoms with van der Waals surface area (Å²) in [6.45, 7) is 12.6. The Morgan fingerprint density at radius 2 is 2.17 bits per heavy atom. The van der Waals surface area contributed by atoms with Gasteiger partial charge in [0.15, 0.2) is 0 Å². The first-order valence-electron chi connectivity index (χ1n) is 4.00. The van der Waals surface area contributed by atoms with Gasteiger partial charge in [0.05, 0.1) is 0 Å². The van der Waals surface area contributed by atoms with Crippen molar-refractivity contribution >= 4 is 5.97 Å². The highest BCUT2D eigenvalue weighted by Crippen LogP contribution is 2.24. The molecule has 12 heavy (non-hydrogen) atoms. The summed E-state index contributed by atoms with van der Waals surface area (Å²) in [4.78, 5) is 13.8. The van der Waals surface area contributed by atoms with Gasteiger partial charge in [0.25, 0.3) is 0 Å². The summed E-state index contributed by atoms with van der Waals surface area (Å²) < 4.78 is 0. The lowest BCUT2D eigenvalue weighted by Gasteiger charge is -2.16. The number of carboxylic acids is 1. The molecule has 68 valence electrons. The molecule has 0 amide bonds. The molecule has 0 aliphatic rings. The van der Waals surface area contributed by atoms with Crippen molar-refractivity contribution in [2.45, 2.75) is 39.2 Å². The first-order chi connectivity index (χ1) is 5.39. The SMILES string of the molecule is [C-]#[N+][C@](C)(CC(=O)O)CC(C)C. The lowest BCUT2D eigenvalue weighted by molar-refractivity contribution is -0.138. The second kappa shape index (κ2) is 4.10. The van der Waals surface area contributed by atoms with Crippen LogP contribution in [0.5, 0.6) is 0 Å². The molecule has 0 aliphatic heterocycles. The van der Waals surface area contributed by atoms with Gasteiger partial charge in [0.2, 0.25) is 5.54 Å². The highest BCUT2D eigenvalue weighted by atomic mass is 16.4. The Hall–Kier alpha value is -1.04. The first-order valence-corrected chi connectivity index (χ1v) is 4.00. The Morgan fingerprint density at radius 3 is 2.42 bits per heavy atom. The number of carbonyl (C=O) groups is 1. The van der Waals surface area contributed by atoms with Crippen molar-refractivity contribution < 1.29 is 9.90 Å². The molecule has 0 saturated carbocycles. The van der Waals surface area contributed by atoms with Gasteiger partial charge in [-0.1, -0.05) is 13.8 Å². The van der Waals surface area contributed by atoms with Crippen LogP contribution in [0.3, 0.4) is 0 Å². The van der Waals surface area contributed by atoms with Crippen molar-refractivity contribution in [2.24, 2.45) is 5.92 Å². The molecule has 0 aliphatic carbocycles. The Kier molecular flexibility index (Phi) is 3.75. The van der Waals surface area contributed by atoms with Crippen molar-refractivity contribution in [1.82, 2.24) is 0 Å². The van der Waals surface area contributed by atoms with E-state index in [0.29, 0.717) is 12.3 Å². The van der Waals surface area contributed by atoms with Gasteiger partial charge in [-0.3, -0.25) is 4.79 Å². The van der Waals surface area contributed by atoms with Crippen LogP contribution in [0.2, 0.25) is 0 Å². The van der Waals surface area contributed by atoms with E-state index in [1.54, 1.807) is 6.92 Å². The van der Waals surface area contributed by atoms with Gasteiger partial charge in [-0.05, 0) is 5.92 Å². The van der Waals surface area contributed by atoms with Crippen LogP contribution < -0.4 is 0 Å². The third-order valence-electron chi connectivity index (χ3n) is 1.65. The number of aliphatic carboxylic acids is 1. The predicted octanol–water partition coefficient (Wildman–Crippen LogP) is 2.19. The highest BCUT2D eigenvalue weighted by Gasteiger charge is 2.34. The minimum absolute atomic E-state index is 0.0608. The summed E-state index contributed by atoms with van der Waals surface area (Å²) in [5.41, 5.74) is -0.722. The number of rotatable bonds is 4. The summed E-state index contributed by atoms with van der Waals surface area (Å²) >= 11 is 0. The van der Waals surface area contributed by atoms with E-state index in [1.165, 1.54) is 0 Å². The molecule has 1 atom stereocenters. The highest BCUT2D eigenvalue weighted by molar-refractivity contribution is 5.68. The van der Waals surface area contributed by atoms with Crippen molar-refractivity contribution in [2.75, 3.05) is 0 Å². The molecule has 0 rings (SSSR count). The molecule has 0 spiro atoms. The number of carboxylic acid groups (broad SMARTS) is 1. The Labute approximate surface area is 73.2 Å². The molecular weight excluding hydrogens is 154 g/mol. The molecule has 0 bridgehead atoms. The minimum atomic E-state index is -0.894. The summed E-state index contributed by atoms with van der Waals surface area (Å²) in [5.74, 6) is -0.530. The molecule has 0 unspecified atom stereocenters. The van der Waals surface area contributed by atoms with Crippen molar-refractivity contribution in [3.05, 3.63) is 11.4 Å². The van der Waals surface area contributed by atoms with Crippen molar-refractivity contribution in [3.8, 4) is 0 Å². The largest absolute Gasteiger partial charge is 0.481 e. The monoisotopic (exact) mass is 169 g/mol. The summed E-state index contributed by atoms with van der Waals surface area (Å²) in [5, 5.41) is 8.55. The van der Waals surface area contributed by atoms with Crippen molar-refractivity contribution in [1.29, 1.82) is 0 Å². The van der Waals surface area contributed by atoms with E-state index in [9.17, 15) is 4.79 Å². The fourth-order valence-corrected chi connectivity index (χ4v) is 1.36. The lowest BCUT2D eigenvalue weighted by atomic mass is 9.89. The van der Waals surface area contributed by atoms with E-state index in [1.807, 2.05) is 13.8 Å². The fraction of sp³-hybridized carbons (Fsp3) is 0.778. The second-order valence-electron chi connectivity index (χ2n) is 3.78. The molecule has 0 aromatic carbocycles. The van der Waals surface area contributed by atoms with E-state index >= 15 is 0 Å². The molecule has 0 aromatic rings. The van der Waals surface area contributed by atoms with Gasteiger partial charge in [0.1, 0.15) is 6.42 Å². The molecule has 1 N–H and O–H groups in total. The van der Waals surface area contributed by atoms with Crippen LogP contribution in [-0.2, 0) is 4.79 Å². The average molecular weight is 169 g/mol. The summed E-state index contributed by atoms with van der Waals surface area (Å²) in [6, 6.07) is 0. The van der Waals surface area contributed by atoms with Crippen LogP contribution in [0.1, 0.15) is 33.6 Å². The van der Waals surface area contributed by atoms with Gasteiger partial charge in [0, 0.05) is 13.3 Å². The summed E-state index contributed by atoms with van der Waals surface area (Å²) in [7, 11) is 0. The van der Waals surface area contributed by atoms with E-state index in [0.717, 1.165) is 0 Å². The second-order valence-corrected chi connectivity index (χ2v) is 3.78. The maximum atomic E-state index is 10.4. The van der Waals surface area contributed by atoms with Crippen LogP contribution in [0, 0.1) is 12.5 Å². The molecule has 0 aromatic heterocycles. The van der Waals surface area contributed by atoms with E-state index < -0.39 is 11.5 Å². The third kappa shape index (κ3) is 3.97. The summed E-state index contributed by atoms with van der Waals surface area (Å²) in [6.07, 6.45) is 0.581. The van der Waals surface area contributed by atoms with Crippen LogP contribution in [-0.4, -0.2) is 16.6 Å². The van der Waals surface area contributed by atoms with Crippen LogP contribution in [0.25, 0.3) is 4.85 Å². The van der Waals surface area contributed by atoms with Gasteiger partial charge < -0.3 is 9.95 Å². The molecule has 3 nitrogen and oxygen atoms in total. The van der Waals surface area contributed by atoms with Gasteiger partial charge >= 0.3 is 5.97 Å². The minimum Gasteiger partial charge on any atom is -0.481 e. The quantitative estimate of drug-likeness (QED) is 0.655. The van der Waals surface area contributed by atoms with Gasteiger partial charge in [-0.2, -0.15) is 0 Å². The Morgan fingerprint density at radius 1 is 1.67 bits per heavy atom. The van der Waals surface area contributed by atoms with Crippen LogP contribution in [0.4, 0.5) is 0 Å². The van der Waals surface area contributed by atoms with Gasteiger partial charge in [-0.25, -0.2) is 6.57 Å². The van der Waals surface area contributed by atoms with Crippen LogP contribution in [0.15, 0.2) is 0 Å². The normalized spacial score (nSPS) is 15.2.